The molecule has 0 unspecified atom stereocenters. The van der Waals surface area contributed by atoms with E-state index in [1.54, 1.807) is 24.3 Å². The van der Waals surface area contributed by atoms with Crippen molar-refractivity contribution in [3.8, 4) is 22.6 Å². The van der Waals surface area contributed by atoms with E-state index in [2.05, 4.69) is 0 Å². The summed E-state index contributed by atoms with van der Waals surface area (Å²) < 4.78 is 5.86. The van der Waals surface area contributed by atoms with E-state index in [9.17, 15) is 20.1 Å². The second kappa shape index (κ2) is 7.12. The predicted molar refractivity (Wildman–Crippen MR) is 106 cm³/mol. The molecule has 0 bridgehead atoms. The van der Waals surface area contributed by atoms with Crippen LogP contribution < -0.4 is 4.74 Å². The van der Waals surface area contributed by atoms with Gasteiger partial charge in [-0.1, -0.05) is 42.5 Å². The number of carbonyl (C=O) groups is 1. The van der Waals surface area contributed by atoms with Crippen molar-refractivity contribution in [2.45, 2.75) is 6.42 Å². The third-order valence-corrected chi connectivity index (χ3v) is 4.79. The highest BCUT2D eigenvalue weighted by atomic mass is 16.5. The van der Waals surface area contributed by atoms with E-state index >= 15 is 0 Å². The number of aromatic carboxylic acids is 1. The summed E-state index contributed by atoms with van der Waals surface area (Å²) in [6, 6.07) is 19.6. The molecular weight excluding hydrogens is 356 g/mol. The van der Waals surface area contributed by atoms with Crippen LogP contribution in [0.3, 0.4) is 0 Å². The van der Waals surface area contributed by atoms with Crippen LogP contribution in [0.15, 0.2) is 72.3 Å². The quantitative estimate of drug-likeness (QED) is 0.618. The number of aliphatic hydroxyl groups is 1. The molecule has 0 amide bonds. The largest absolute Gasteiger partial charge is 0.507 e. The second-order valence-electron chi connectivity index (χ2n) is 6.65. The van der Waals surface area contributed by atoms with Crippen molar-refractivity contribution in [2.75, 3.05) is 6.61 Å². The molecule has 5 heteroatoms. The monoisotopic (exact) mass is 374 g/mol. The van der Waals surface area contributed by atoms with Crippen molar-refractivity contribution in [1.29, 1.82) is 0 Å². The predicted octanol–water partition coefficient (Wildman–Crippen LogP) is 4.66. The highest BCUT2D eigenvalue weighted by Crippen LogP contribution is 2.36. The zero-order valence-electron chi connectivity index (χ0n) is 14.9. The fourth-order valence-electron chi connectivity index (χ4n) is 3.30. The molecule has 3 N–H and O–H groups in total. The maximum atomic E-state index is 11.2. The lowest BCUT2D eigenvalue weighted by atomic mass is 9.96. The van der Waals surface area contributed by atoms with E-state index in [4.69, 9.17) is 4.74 Å². The molecule has 0 saturated carbocycles. The fraction of sp³-hybridized carbons (Fsp3) is 0.0870. The van der Waals surface area contributed by atoms with Crippen molar-refractivity contribution in [3.05, 3.63) is 89.0 Å². The van der Waals surface area contributed by atoms with Crippen LogP contribution in [-0.2, 0) is 6.42 Å². The van der Waals surface area contributed by atoms with Crippen LogP contribution in [0, 0.1) is 0 Å². The minimum absolute atomic E-state index is 0.163. The van der Waals surface area contributed by atoms with E-state index in [0.29, 0.717) is 23.3 Å². The Kier molecular flexibility index (Phi) is 4.49. The van der Waals surface area contributed by atoms with Crippen molar-refractivity contribution in [2.24, 2.45) is 0 Å². The van der Waals surface area contributed by atoms with Gasteiger partial charge in [-0.05, 0) is 41.0 Å². The average molecular weight is 374 g/mol. The Balaban J connectivity index is 1.67. The van der Waals surface area contributed by atoms with E-state index < -0.39 is 5.97 Å². The smallest absolute Gasteiger partial charge is 0.339 e. The van der Waals surface area contributed by atoms with Crippen LogP contribution in [0.25, 0.3) is 16.9 Å². The summed E-state index contributed by atoms with van der Waals surface area (Å²) in [6.45, 7) is 0.285. The molecule has 1 aliphatic rings. The first-order valence-corrected chi connectivity index (χ1v) is 8.82. The zero-order chi connectivity index (χ0) is 19.7. The number of carboxylic acid groups (broad SMARTS) is 1. The lowest BCUT2D eigenvalue weighted by Crippen LogP contribution is -2.13. The van der Waals surface area contributed by atoms with Gasteiger partial charge in [-0.15, -0.1) is 0 Å². The van der Waals surface area contributed by atoms with Crippen LogP contribution in [0.1, 0.15) is 21.5 Å². The third kappa shape index (κ3) is 3.30. The first-order chi connectivity index (χ1) is 13.5. The van der Waals surface area contributed by atoms with Crippen LogP contribution in [-0.4, -0.2) is 27.9 Å². The summed E-state index contributed by atoms with van der Waals surface area (Å²) in [4.78, 5) is 11.2. The molecule has 3 aromatic rings. The molecule has 0 saturated heterocycles. The highest BCUT2D eigenvalue weighted by molar-refractivity contribution is 5.92. The summed E-state index contributed by atoms with van der Waals surface area (Å²) in [5.41, 5.74) is 3.73. The number of carboxylic acids is 1. The summed E-state index contributed by atoms with van der Waals surface area (Å²) in [5.74, 6) is -0.721. The van der Waals surface area contributed by atoms with Gasteiger partial charge in [-0.3, -0.25) is 0 Å². The number of hydrogen-bond acceptors (Lipinski definition) is 4. The van der Waals surface area contributed by atoms with Crippen molar-refractivity contribution < 1.29 is 24.9 Å². The topological polar surface area (TPSA) is 87.0 Å². The number of benzene rings is 3. The van der Waals surface area contributed by atoms with Crippen LogP contribution in [0.4, 0.5) is 0 Å². The molecule has 0 fully saturated rings. The van der Waals surface area contributed by atoms with Crippen molar-refractivity contribution in [1.82, 2.24) is 0 Å². The SMILES string of the molecule is O=C(O)c1cc(-c2ccc3c(c2)OCC(Cc2ccccc2)=C3O)ccc1O. The first kappa shape index (κ1) is 17.7. The maximum absolute atomic E-state index is 11.2. The third-order valence-electron chi connectivity index (χ3n) is 4.79. The molecule has 0 aromatic heterocycles. The van der Waals surface area contributed by atoms with Gasteiger partial charge in [0.25, 0.3) is 0 Å². The molecular formula is C23H18O5. The van der Waals surface area contributed by atoms with Gasteiger partial charge < -0.3 is 20.1 Å². The normalized spacial score (nSPS) is 13.0. The van der Waals surface area contributed by atoms with Gasteiger partial charge in [0.15, 0.2) is 0 Å². The van der Waals surface area contributed by atoms with Crippen molar-refractivity contribution in [3.63, 3.8) is 0 Å². The molecule has 0 atom stereocenters. The Hall–Kier alpha value is -3.73. The van der Waals surface area contributed by atoms with E-state index in [0.717, 1.165) is 16.7 Å². The zero-order valence-corrected chi connectivity index (χ0v) is 14.9. The van der Waals surface area contributed by atoms with Gasteiger partial charge in [0, 0.05) is 12.0 Å². The molecule has 0 aliphatic carbocycles. The highest BCUT2D eigenvalue weighted by Gasteiger charge is 2.21. The fourth-order valence-corrected chi connectivity index (χ4v) is 3.30. The minimum Gasteiger partial charge on any atom is -0.507 e. The molecule has 3 aromatic carbocycles. The van der Waals surface area contributed by atoms with Crippen LogP contribution in [0.2, 0.25) is 0 Å². The number of phenols is 1. The van der Waals surface area contributed by atoms with Gasteiger partial charge in [-0.25, -0.2) is 4.79 Å². The van der Waals surface area contributed by atoms with Gasteiger partial charge in [0.05, 0.1) is 5.56 Å². The average Bonchev–Trinajstić information content (AvgIpc) is 2.71. The van der Waals surface area contributed by atoms with Crippen LogP contribution in [0.5, 0.6) is 11.5 Å². The Morgan fingerprint density at radius 3 is 2.39 bits per heavy atom. The van der Waals surface area contributed by atoms with Gasteiger partial charge in [0.2, 0.25) is 0 Å². The molecule has 4 rings (SSSR count). The number of rotatable bonds is 4. The number of ether oxygens (including phenoxy) is 1. The Morgan fingerprint density at radius 1 is 0.929 bits per heavy atom. The molecule has 0 spiro atoms. The minimum atomic E-state index is -1.19. The van der Waals surface area contributed by atoms with E-state index in [1.165, 1.54) is 12.1 Å². The number of hydrogen-bond donors (Lipinski definition) is 3. The molecule has 140 valence electrons. The molecule has 28 heavy (non-hydrogen) atoms. The van der Waals surface area contributed by atoms with Gasteiger partial charge in [0.1, 0.15) is 29.4 Å². The van der Waals surface area contributed by atoms with Crippen molar-refractivity contribution >= 4 is 11.7 Å². The van der Waals surface area contributed by atoms with Gasteiger partial charge >= 0.3 is 5.97 Å². The van der Waals surface area contributed by atoms with Gasteiger partial charge in [-0.2, -0.15) is 0 Å². The Bertz CT molecular complexity index is 1080. The Labute approximate surface area is 161 Å². The maximum Gasteiger partial charge on any atom is 0.339 e. The summed E-state index contributed by atoms with van der Waals surface area (Å²) in [7, 11) is 0. The number of aromatic hydroxyl groups is 1. The van der Waals surface area contributed by atoms with E-state index in [1.807, 2.05) is 30.3 Å². The molecule has 1 aliphatic heterocycles. The molecule has 0 radical (unpaired) electrons. The lowest BCUT2D eigenvalue weighted by molar-refractivity contribution is 0.0694. The second-order valence-corrected chi connectivity index (χ2v) is 6.65. The summed E-state index contributed by atoms with van der Waals surface area (Å²) >= 11 is 0. The summed E-state index contributed by atoms with van der Waals surface area (Å²) in [6.07, 6.45) is 0.605. The molecule has 1 heterocycles. The van der Waals surface area contributed by atoms with Crippen LogP contribution >= 0.6 is 0 Å². The lowest BCUT2D eigenvalue weighted by Gasteiger charge is -2.22. The number of fused-ring (bicyclic) bond motifs is 1. The molecule has 5 nitrogen and oxygen atoms in total. The summed E-state index contributed by atoms with van der Waals surface area (Å²) in [5, 5.41) is 29.6. The first-order valence-electron chi connectivity index (χ1n) is 8.82. The Morgan fingerprint density at radius 2 is 1.64 bits per heavy atom. The standard InChI is InChI=1S/C23H18O5/c24-20-9-7-15(11-19(20)23(26)27)16-6-8-18-21(12-16)28-13-17(22(18)25)10-14-4-2-1-3-5-14/h1-9,11-12,24-25H,10,13H2,(H,26,27). The van der Waals surface area contributed by atoms with E-state index in [-0.39, 0.29) is 23.7 Å². The number of aliphatic hydroxyl groups excluding tert-OH is 1.